The van der Waals surface area contributed by atoms with Crippen LogP contribution < -0.4 is 10.1 Å². The first-order chi connectivity index (χ1) is 14.7. The Labute approximate surface area is 178 Å². The number of ketones is 2. The molecule has 0 aromatic heterocycles. The van der Waals surface area contributed by atoms with E-state index < -0.39 is 6.04 Å². The molecule has 0 radical (unpaired) electrons. The molecule has 0 saturated carbocycles. The van der Waals surface area contributed by atoms with Crippen LogP contribution in [0.15, 0.2) is 53.7 Å². The number of aliphatic imine (C=N–C) groups is 1. The van der Waals surface area contributed by atoms with Crippen LogP contribution in [0.25, 0.3) is 0 Å². The summed E-state index contributed by atoms with van der Waals surface area (Å²) in [6.45, 7) is 5.97. The number of aryl methyl sites for hydroxylation is 1. The van der Waals surface area contributed by atoms with Gasteiger partial charge in [-0.15, -0.1) is 0 Å². The van der Waals surface area contributed by atoms with E-state index in [4.69, 9.17) is 9.47 Å². The first-order valence-electron chi connectivity index (χ1n) is 10.6. The lowest BCUT2D eigenvalue weighted by atomic mass is 9.95. The molecule has 3 rings (SSSR count). The van der Waals surface area contributed by atoms with Crippen molar-refractivity contribution in [3.8, 4) is 5.75 Å². The number of hydrogen-bond acceptors (Lipinski definition) is 6. The van der Waals surface area contributed by atoms with E-state index in [1.54, 1.807) is 6.08 Å². The van der Waals surface area contributed by atoms with Crippen molar-refractivity contribution < 1.29 is 19.1 Å². The lowest BCUT2D eigenvalue weighted by molar-refractivity contribution is -0.119. The Balaban J connectivity index is 1.38. The van der Waals surface area contributed by atoms with Crippen molar-refractivity contribution in [1.82, 2.24) is 5.32 Å². The molecule has 2 heterocycles. The molecule has 6 heteroatoms. The predicted molar refractivity (Wildman–Crippen MR) is 117 cm³/mol. The minimum absolute atomic E-state index is 0.0180. The minimum Gasteiger partial charge on any atom is -0.494 e. The summed E-state index contributed by atoms with van der Waals surface area (Å²) in [5.74, 6) is 1.36. The van der Waals surface area contributed by atoms with Gasteiger partial charge in [0, 0.05) is 19.6 Å². The fraction of sp³-hybridized carbons (Fsp3) is 0.458. The summed E-state index contributed by atoms with van der Waals surface area (Å²) < 4.78 is 11.2. The molecule has 2 aliphatic heterocycles. The average molecular weight is 411 g/mol. The highest BCUT2D eigenvalue weighted by atomic mass is 16.5. The Morgan fingerprint density at radius 2 is 2.00 bits per heavy atom. The van der Waals surface area contributed by atoms with Crippen molar-refractivity contribution in [2.75, 3.05) is 19.8 Å². The molecule has 1 atom stereocenters. The van der Waals surface area contributed by atoms with Gasteiger partial charge in [-0.1, -0.05) is 18.7 Å². The van der Waals surface area contributed by atoms with Crippen LogP contribution >= 0.6 is 0 Å². The van der Waals surface area contributed by atoms with Crippen LogP contribution in [0.4, 0.5) is 0 Å². The van der Waals surface area contributed by atoms with Crippen LogP contribution in [0.5, 0.6) is 5.75 Å². The minimum atomic E-state index is -0.622. The highest BCUT2D eigenvalue weighted by Crippen LogP contribution is 2.21. The second-order valence-corrected chi connectivity index (χ2v) is 7.67. The molecule has 6 nitrogen and oxygen atoms in total. The molecule has 1 N–H and O–H groups in total. The summed E-state index contributed by atoms with van der Waals surface area (Å²) >= 11 is 0. The number of hydrogen-bond donors (Lipinski definition) is 1. The van der Waals surface area contributed by atoms with Gasteiger partial charge in [0.15, 0.2) is 5.78 Å². The lowest BCUT2D eigenvalue weighted by Crippen LogP contribution is -2.29. The number of ether oxygens (including phenoxy) is 2. The number of Topliss-reactive ketones (excluding diaryl/α,β-unsaturated/α-hetero) is 1. The summed E-state index contributed by atoms with van der Waals surface area (Å²) in [5.41, 5.74) is 1.42. The summed E-state index contributed by atoms with van der Waals surface area (Å²) in [4.78, 5) is 28.2. The highest BCUT2D eigenvalue weighted by Gasteiger charge is 2.19. The fourth-order valence-corrected chi connectivity index (χ4v) is 3.64. The van der Waals surface area contributed by atoms with Crippen molar-refractivity contribution >= 4 is 17.9 Å². The smallest absolute Gasteiger partial charge is 0.201 e. The largest absolute Gasteiger partial charge is 0.494 e. The normalized spacial score (nSPS) is 18.9. The first-order valence-corrected chi connectivity index (χ1v) is 10.6. The molecule has 0 spiro atoms. The molecule has 1 unspecified atom stereocenters. The van der Waals surface area contributed by atoms with E-state index in [0.29, 0.717) is 18.5 Å². The van der Waals surface area contributed by atoms with Crippen LogP contribution in [0, 0.1) is 5.92 Å². The Kier molecular flexibility index (Phi) is 8.39. The fourth-order valence-electron chi connectivity index (χ4n) is 3.64. The van der Waals surface area contributed by atoms with Crippen LogP contribution in [-0.2, 0) is 20.7 Å². The van der Waals surface area contributed by atoms with Crippen LogP contribution in [0.1, 0.15) is 37.7 Å². The Hall–Kier alpha value is -2.73. The number of carbonyl (C=O) groups is 2. The number of rotatable bonds is 11. The zero-order valence-corrected chi connectivity index (χ0v) is 17.3. The van der Waals surface area contributed by atoms with Crippen molar-refractivity contribution in [3.63, 3.8) is 0 Å². The monoisotopic (exact) mass is 410 g/mol. The van der Waals surface area contributed by atoms with E-state index in [9.17, 15) is 9.59 Å². The summed E-state index contributed by atoms with van der Waals surface area (Å²) in [6.07, 6.45) is 9.74. The van der Waals surface area contributed by atoms with Crippen molar-refractivity contribution in [3.05, 3.63) is 54.3 Å². The molecule has 30 heavy (non-hydrogen) atoms. The maximum absolute atomic E-state index is 12.4. The molecular weight excluding hydrogens is 380 g/mol. The molecule has 160 valence electrons. The van der Waals surface area contributed by atoms with Crippen molar-refractivity contribution in [2.45, 2.75) is 44.6 Å². The van der Waals surface area contributed by atoms with Gasteiger partial charge in [0.25, 0.3) is 0 Å². The second kappa shape index (κ2) is 11.5. The van der Waals surface area contributed by atoms with Gasteiger partial charge in [0.05, 0.1) is 18.6 Å². The summed E-state index contributed by atoms with van der Waals surface area (Å²) in [5, 5.41) is 2.75. The SMILES string of the molecule is C=CC(=O)C1=CC(C(=O)CCc2ccc(OCCCC3CCOCC3)cc2)N=CN1. The molecule has 0 bridgehead atoms. The van der Waals surface area contributed by atoms with Gasteiger partial charge in [-0.3, -0.25) is 14.6 Å². The average Bonchev–Trinajstić information content (AvgIpc) is 2.81. The van der Waals surface area contributed by atoms with Crippen LogP contribution in [0.2, 0.25) is 0 Å². The van der Waals surface area contributed by atoms with Gasteiger partial charge < -0.3 is 14.8 Å². The molecule has 0 amide bonds. The summed E-state index contributed by atoms with van der Waals surface area (Å²) in [7, 11) is 0. The van der Waals surface area contributed by atoms with Gasteiger partial charge in [-0.05, 0) is 67.9 Å². The van der Waals surface area contributed by atoms with E-state index in [1.807, 2.05) is 24.3 Å². The topological polar surface area (TPSA) is 77.0 Å². The van der Waals surface area contributed by atoms with Crippen LogP contribution in [-0.4, -0.2) is 43.8 Å². The Bertz CT molecular complexity index is 792. The van der Waals surface area contributed by atoms with Gasteiger partial charge in [-0.25, -0.2) is 0 Å². The number of nitrogens with zero attached hydrogens (tertiary/aromatic N) is 1. The van der Waals surface area contributed by atoms with Gasteiger partial charge in [0.1, 0.15) is 11.8 Å². The van der Waals surface area contributed by atoms with E-state index in [2.05, 4.69) is 16.9 Å². The molecular formula is C24H30N2O4. The van der Waals surface area contributed by atoms with Crippen molar-refractivity contribution in [1.29, 1.82) is 0 Å². The molecule has 1 fully saturated rings. The van der Waals surface area contributed by atoms with E-state index in [-0.39, 0.29) is 11.6 Å². The molecule has 1 aromatic carbocycles. The third kappa shape index (κ3) is 6.66. The number of nitrogens with one attached hydrogen (secondary N) is 1. The van der Waals surface area contributed by atoms with Crippen LogP contribution in [0.3, 0.4) is 0 Å². The van der Waals surface area contributed by atoms with E-state index in [0.717, 1.165) is 56.3 Å². The Morgan fingerprint density at radius 1 is 1.23 bits per heavy atom. The van der Waals surface area contributed by atoms with E-state index >= 15 is 0 Å². The lowest BCUT2D eigenvalue weighted by Gasteiger charge is -2.21. The standard InChI is InChI=1S/C24H30N2O4/c1-2-23(27)21-16-22(26-17-25-21)24(28)10-7-19-5-8-20(9-6-19)30-13-3-4-18-11-14-29-15-12-18/h2,5-6,8-9,16-18,22H,1,3-4,7,10-15H2,(H,25,26). The Morgan fingerprint density at radius 3 is 2.73 bits per heavy atom. The quantitative estimate of drug-likeness (QED) is 0.447. The van der Waals surface area contributed by atoms with Crippen molar-refractivity contribution in [2.24, 2.45) is 10.9 Å². The van der Waals surface area contributed by atoms with E-state index in [1.165, 1.54) is 18.8 Å². The third-order valence-corrected chi connectivity index (χ3v) is 5.51. The number of benzene rings is 1. The molecule has 0 aliphatic carbocycles. The molecule has 2 aliphatic rings. The molecule has 1 aromatic rings. The number of carbonyl (C=O) groups excluding carboxylic acids is 2. The van der Waals surface area contributed by atoms with Gasteiger partial charge in [0.2, 0.25) is 5.78 Å². The predicted octanol–water partition coefficient (Wildman–Crippen LogP) is 3.41. The first kappa shape index (κ1) is 22.0. The van der Waals surface area contributed by atoms with Gasteiger partial charge >= 0.3 is 0 Å². The zero-order valence-electron chi connectivity index (χ0n) is 17.3. The maximum atomic E-state index is 12.4. The second-order valence-electron chi connectivity index (χ2n) is 7.67. The molecule has 1 saturated heterocycles. The van der Waals surface area contributed by atoms with Gasteiger partial charge in [-0.2, -0.15) is 0 Å². The summed E-state index contributed by atoms with van der Waals surface area (Å²) in [6, 6.07) is 7.28. The highest BCUT2D eigenvalue weighted by molar-refractivity contribution is 6.06. The zero-order chi connectivity index (χ0) is 21.2. The number of allylic oxidation sites excluding steroid dienone is 1. The maximum Gasteiger partial charge on any atom is 0.201 e. The third-order valence-electron chi connectivity index (χ3n) is 5.51.